The van der Waals surface area contributed by atoms with Gasteiger partial charge in [-0.25, -0.2) is 0 Å². The molecular formula is C25H17N. The molecule has 0 N–H and O–H groups in total. The Balaban J connectivity index is 1.90. The van der Waals surface area contributed by atoms with Crippen molar-refractivity contribution in [2.24, 2.45) is 0 Å². The molecule has 0 saturated heterocycles. The lowest BCUT2D eigenvalue weighted by Crippen LogP contribution is -1.91. The fourth-order valence-electron chi connectivity index (χ4n) is 3.77. The molecule has 0 unspecified atom stereocenters. The van der Waals surface area contributed by atoms with E-state index in [1.54, 1.807) is 0 Å². The topological polar surface area (TPSA) is 12.9 Å². The van der Waals surface area contributed by atoms with Gasteiger partial charge in [-0.2, -0.15) is 0 Å². The Bertz CT molecular complexity index is 1050. The van der Waals surface area contributed by atoms with E-state index >= 15 is 0 Å². The first-order valence-corrected chi connectivity index (χ1v) is 8.83. The molecule has 0 atom stereocenters. The fraction of sp³-hybridized carbons (Fsp3) is 0. The maximum Gasteiger partial charge on any atom is 0.0636 e. The summed E-state index contributed by atoms with van der Waals surface area (Å²) in [7, 11) is 0. The van der Waals surface area contributed by atoms with Crippen molar-refractivity contribution in [2.75, 3.05) is 0 Å². The van der Waals surface area contributed by atoms with Gasteiger partial charge in [0.2, 0.25) is 0 Å². The van der Waals surface area contributed by atoms with E-state index in [0.717, 1.165) is 5.69 Å². The van der Waals surface area contributed by atoms with Crippen LogP contribution in [-0.2, 0) is 0 Å². The van der Waals surface area contributed by atoms with E-state index in [1.807, 2.05) is 18.3 Å². The monoisotopic (exact) mass is 331 g/mol. The molecular weight excluding hydrogens is 314 g/mol. The fourth-order valence-corrected chi connectivity index (χ4v) is 3.77. The Morgan fingerprint density at radius 1 is 0.462 bits per heavy atom. The highest BCUT2D eigenvalue weighted by atomic mass is 14.6. The number of pyridine rings is 1. The summed E-state index contributed by atoms with van der Waals surface area (Å²) >= 11 is 0. The molecule has 1 aliphatic rings. The van der Waals surface area contributed by atoms with Crippen molar-refractivity contribution in [3.63, 3.8) is 0 Å². The predicted octanol–water partition coefficient (Wildman–Crippen LogP) is 6.32. The molecule has 0 saturated carbocycles. The lowest BCUT2D eigenvalue weighted by molar-refractivity contribution is 1.30. The van der Waals surface area contributed by atoms with Crippen molar-refractivity contribution < 1.29 is 0 Å². The van der Waals surface area contributed by atoms with Gasteiger partial charge in [0.1, 0.15) is 0 Å². The minimum absolute atomic E-state index is 0.970. The van der Waals surface area contributed by atoms with Crippen LogP contribution in [0.3, 0.4) is 0 Å². The number of benzene rings is 3. The molecule has 1 aliphatic carbocycles. The summed E-state index contributed by atoms with van der Waals surface area (Å²) in [5, 5.41) is 0. The van der Waals surface area contributed by atoms with Crippen molar-refractivity contribution in [1.29, 1.82) is 0 Å². The van der Waals surface area contributed by atoms with Gasteiger partial charge in [-0.05, 0) is 57.2 Å². The largest absolute Gasteiger partial charge is 0.257 e. The van der Waals surface area contributed by atoms with Crippen LogP contribution >= 0.6 is 0 Å². The number of nitrogens with zero attached hydrogens (tertiary/aromatic N) is 1. The Hall–Kier alpha value is -3.45. The Morgan fingerprint density at radius 3 is 1.35 bits per heavy atom. The van der Waals surface area contributed by atoms with E-state index in [-0.39, 0.29) is 0 Å². The van der Waals surface area contributed by atoms with Crippen LogP contribution in [0.2, 0.25) is 0 Å². The van der Waals surface area contributed by atoms with Crippen molar-refractivity contribution in [3.8, 4) is 22.3 Å². The molecule has 1 heteroatoms. The molecule has 1 aromatic heterocycles. The molecule has 0 aliphatic heterocycles. The third kappa shape index (κ3) is 2.37. The number of hydrogen-bond acceptors (Lipinski definition) is 1. The number of rotatable bonds is 1. The van der Waals surface area contributed by atoms with Crippen LogP contribution in [-0.4, -0.2) is 4.98 Å². The normalized spacial score (nSPS) is 11.8. The lowest BCUT2D eigenvalue weighted by atomic mass is 9.92. The zero-order valence-electron chi connectivity index (χ0n) is 14.3. The van der Waals surface area contributed by atoms with Crippen LogP contribution in [0.4, 0.5) is 0 Å². The number of fused-ring (bicyclic) bond motifs is 5. The highest BCUT2D eigenvalue weighted by molar-refractivity contribution is 6.05. The van der Waals surface area contributed by atoms with Crippen LogP contribution in [0.25, 0.3) is 33.9 Å². The molecule has 122 valence electrons. The first-order chi connectivity index (χ1) is 12.9. The summed E-state index contributed by atoms with van der Waals surface area (Å²) in [6.07, 6.45) is 4.04. The highest BCUT2D eigenvalue weighted by Gasteiger charge is 2.21. The van der Waals surface area contributed by atoms with Gasteiger partial charge in [0.25, 0.3) is 0 Å². The molecule has 0 radical (unpaired) electrons. The molecule has 0 fully saturated rings. The van der Waals surface area contributed by atoms with E-state index in [2.05, 4.69) is 89.9 Å². The van der Waals surface area contributed by atoms with Gasteiger partial charge < -0.3 is 0 Å². The third-order valence-electron chi connectivity index (χ3n) is 4.92. The summed E-state index contributed by atoms with van der Waals surface area (Å²) in [4.78, 5) is 4.52. The minimum Gasteiger partial charge on any atom is -0.257 e. The maximum atomic E-state index is 4.52. The molecule has 26 heavy (non-hydrogen) atoms. The number of hydrogen-bond donors (Lipinski definition) is 0. The summed E-state index contributed by atoms with van der Waals surface area (Å²) < 4.78 is 0. The van der Waals surface area contributed by atoms with Gasteiger partial charge in [0.05, 0.1) is 5.69 Å². The summed E-state index contributed by atoms with van der Waals surface area (Å²) in [6, 6.07) is 32.0. The highest BCUT2D eigenvalue weighted by Crippen LogP contribution is 2.45. The molecule has 0 spiro atoms. The zero-order chi connectivity index (χ0) is 17.3. The second kappa shape index (κ2) is 6.12. The molecule has 0 amide bonds. The minimum atomic E-state index is 0.970. The average Bonchev–Trinajstić information content (AvgIpc) is 2.83. The molecule has 5 rings (SSSR count). The van der Waals surface area contributed by atoms with Crippen molar-refractivity contribution in [1.82, 2.24) is 4.98 Å². The van der Waals surface area contributed by atoms with E-state index in [9.17, 15) is 0 Å². The van der Waals surface area contributed by atoms with Gasteiger partial charge in [0.15, 0.2) is 0 Å². The average molecular weight is 331 g/mol. The van der Waals surface area contributed by atoms with E-state index in [1.165, 1.54) is 39.0 Å². The second-order valence-electron chi connectivity index (χ2n) is 6.45. The molecule has 3 aromatic carbocycles. The SMILES string of the molecule is C(=C1c2ccccc2-c2ccccc2-c2ccccc21)c1ccccn1. The molecule has 4 aromatic rings. The van der Waals surface area contributed by atoms with Crippen molar-refractivity contribution in [2.45, 2.75) is 0 Å². The van der Waals surface area contributed by atoms with Gasteiger partial charge in [-0.3, -0.25) is 4.98 Å². The van der Waals surface area contributed by atoms with Gasteiger partial charge in [-0.1, -0.05) is 78.9 Å². The smallest absolute Gasteiger partial charge is 0.0636 e. The van der Waals surface area contributed by atoms with E-state index in [0.29, 0.717) is 0 Å². The van der Waals surface area contributed by atoms with Gasteiger partial charge in [0, 0.05) is 6.20 Å². The second-order valence-corrected chi connectivity index (χ2v) is 6.45. The van der Waals surface area contributed by atoms with Crippen LogP contribution in [0, 0.1) is 0 Å². The maximum absolute atomic E-state index is 4.52. The van der Waals surface area contributed by atoms with Crippen molar-refractivity contribution >= 4 is 11.6 Å². The van der Waals surface area contributed by atoms with Crippen LogP contribution in [0.1, 0.15) is 16.8 Å². The quantitative estimate of drug-likeness (QED) is 0.350. The summed E-state index contributed by atoms with van der Waals surface area (Å²) in [5.41, 5.74) is 9.76. The Labute approximate surface area is 153 Å². The zero-order valence-corrected chi connectivity index (χ0v) is 14.3. The van der Waals surface area contributed by atoms with Crippen LogP contribution in [0.15, 0.2) is 97.2 Å². The Morgan fingerprint density at radius 2 is 0.885 bits per heavy atom. The van der Waals surface area contributed by atoms with E-state index < -0.39 is 0 Å². The molecule has 1 heterocycles. The van der Waals surface area contributed by atoms with Gasteiger partial charge in [-0.15, -0.1) is 0 Å². The van der Waals surface area contributed by atoms with Crippen LogP contribution in [0.5, 0.6) is 0 Å². The van der Waals surface area contributed by atoms with Gasteiger partial charge >= 0.3 is 0 Å². The summed E-state index contributed by atoms with van der Waals surface area (Å²) in [5.74, 6) is 0. The first-order valence-electron chi connectivity index (χ1n) is 8.83. The third-order valence-corrected chi connectivity index (χ3v) is 4.92. The van der Waals surface area contributed by atoms with E-state index in [4.69, 9.17) is 0 Å². The molecule has 0 bridgehead atoms. The number of aromatic nitrogens is 1. The van der Waals surface area contributed by atoms with Crippen LogP contribution < -0.4 is 0 Å². The Kier molecular flexibility index (Phi) is 3.50. The first kappa shape index (κ1) is 14.9. The van der Waals surface area contributed by atoms with Crippen molar-refractivity contribution in [3.05, 3.63) is 114 Å². The predicted molar refractivity (Wildman–Crippen MR) is 109 cm³/mol. The summed E-state index contributed by atoms with van der Waals surface area (Å²) in [6.45, 7) is 0. The lowest BCUT2D eigenvalue weighted by Gasteiger charge is -2.12. The molecule has 1 nitrogen and oxygen atoms in total. The standard InChI is InChI=1S/C25H17N/c1-2-11-20-19(10-1)21-12-3-5-14-23(21)25(17-18-9-7-8-16-26-18)24-15-6-4-13-22(20)24/h1-17H.